The lowest BCUT2D eigenvalue weighted by atomic mass is 10.2. The second kappa shape index (κ2) is 6.92. The minimum atomic E-state index is -0.390. The first-order chi connectivity index (χ1) is 11.1. The summed E-state index contributed by atoms with van der Waals surface area (Å²) >= 11 is 3.01. The van der Waals surface area contributed by atoms with E-state index >= 15 is 0 Å². The van der Waals surface area contributed by atoms with Crippen molar-refractivity contribution in [1.29, 1.82) is 0 Å². The maximum absolute atomic E-state index is 12.8. The molecule has 0 aliphatic carbocycles. The van der Waals surface area contributed by atoms with Crippen molar-refractivity contribution < 1.29 is 14.4 Å². The Morgan fingerprint density at radius 2 is 1.83 bits per heavy atom. The average Bonchev–Trinajstić information content (AvgIpc) is 3.25. The fraction of sp³-hybridized carbons (Fsp3) is 0.533. The molecule has 8 heteroatoms. The lowest BCUT2D eigenvalue weighted by Gasteiger charge is -2.36. The van der Waals surface area contributed by atoms with Crippen LogP contribution in [0.2, 0.25) is 0 Å². The zero-order valence-electron chi connectivity index (χ0n) is 12.9. The van der Waals surface area contributed by atoms with Crippen molar-refractivity contribution in [2.45, 2.75) is 13.0 Å². The van der Waals surface area contributed by atoms with Crippen molar-refractivity contribution in [3.05, 3.63) is 22.4 Å². The van der Waals surface area contributed by atoms with Crippen LogP contribution in [0.25, 0.3) is 0 Å². The number of piperazine rings is 1. The van der Waals surface area contributed by atoms with Crippen LogP contribution in [0.1, 0.15) is 16.6 Å². The summed E-state index contributed by atoms with van der Waals surface area (Å²) < 4.78 is 0. The number of hydrogen-bond donors (Lipinski definition) is 0. The van der Waals surface area contributed by atoms with Gasteiger partial charge >= 0.3 is 0 Å². The largest absolute Gasteiger partial charge is 0.339 e. The van der Waals surface area contributed by atoms with E-state index in [4.69, 9.17) is 0 Å². The molecule has 3 amide bonds. The second-order valence-electron chi connectivity index (χ2n) is 5.60. The van der Waals surface area contributed by atoms with Gasteiger partial charge < -0.3 is 14.7 Å². The molecule has 0 radical (unpaired) electrons. The predicted molar refractivity (Wildman–Crippen MR) is 90.4 cm³/mol. The molecule has 1 aromatic heterocycles. The maximum atomic E-state index is 12.8. The minimum absolute atomic E-state index is 0.00288. The highest BCUT2D eigenvalue weighted by Gasteiger charge is 2.38. The number of rotatable bonds is 2. The van der Waals surface area contributed by atoms with Crippen molar-refractivity contribution >= 4 is 40.8 Å². The van der Waals surface area contributed by atoms with Crippen LogP contribution in [0.4, 0.5) is 0 Å². The van der Waals surface area contributed by atoms with E-state index in [2.05, 4.69) is 0 Å². The van der Waals surface area contributed by atoms with E-state index in [1.807, 2.05) is 11.4 Å². The highest BCUT2D eigenvalue weighted by atomic mass is 32.2. The summed E-state index contributed by atoms with van der Waals surface area (Å²) in [6.45, 7) is 3.77. The zero-order chi connectivity index (χ0) is 16.4. The number of thiophene rings is 1. The normalized spacial score (nSPS) is 21.6. The summed E-state index contributed by atoms with van der Waals surface area (Å²) in [6.07, 6.45) is 0. The van der Waals surface area contributed by atoms with E-state index in [-0.39, 0.29) is 17.7 Å². The lowest BCUT2D eigenvalue weighted by Crippen LogP contribution is -2.55. The Bertz CT molecular complexity index is 597. The molecular weight excluding hydrogens is 334 g/mol. The molecule has 2 fully saturated rings. The van der Waals surface area contributed by atoms with Crippen LogP contribution in [0.3, 0.4) is 0 Å². The zero-order valence-corrected chi connectivity index (χ0v) is 14.6. The Balaban J connectivity index is 1.65. The molecule has 3 heterocycles. The standard InChI is InChI=1S/C15H19N3O3S2/c1-11(19)16-4-6-17(7-5-16)14(20)12-9-22-10-18(12)15(21)13-3-2-8-23-13/h2-3,8,12H,4-7,9-10H2,1H3. The van der Waals surface area contributed by atoms with Gasteiger partial charge in [-0.1, -0.05) is 6.07 Å². The molecule has 1 aromatic rings. The monoisotopic (exact) mass is 353 g/mol. The van der Waals surface area contributed by atoms with Crippen LogP contribution in [0, 0.1) is 0 Å². The summed E-state index contributed by atoms with van der Waals surface area (Å²) in [6, 6.07) is 3.25. The van der Waals surface area contributed by atoms with Gasteiger partial charge in [-0.2, -0.15) is 0 Å². The third-order valence-electron chi connectivity index (χ3n) is 4.20. The van der Waals surface area contributed by atoms with Crippen LogP contribution >= 0.6 is 23.1 Å². The minimum Gasteiger partial charge on any atom is -0.339 e. The summed E-state index contributed by atoms with van der Waals surface area (Å²) in [4.78, 5) is 42.6. The smallest absolute Gasteiger partial charge is 0.265 e. The van der Waals surface area contributed by atoms with E-state index in [1.165, 1.54) is 11.3 Å². The first-order valence-corrected chi connectivity index (χ1v) is 9.58. The number of amides is 3. The van der Waals surface area contributed by atoms with Crippen molar-refractivity contribution in [2.75, 3.05) is 37.8 Å². The van der Waals surface area contributed by atoms with Gasteiger partial charge in [-0.25, -0.2) is 0 Å². The van der Waals surface area contributed by atoms with Gasteiger partial charge in [0.05, 0.1) is 10.8 Å². The molecule has 2 aliphatic rings. The first kappa shape index (κ1) is 16.3. The molecule has 0 aromatic carbocycles. The van der Waals surface area contributed by atoms with Gasteiger partial charge in [-0.3, -0.25) is 14.4 Å². The summed E-state index contributed by atoms with van der Waals surface area (Å²) in [5.41, 5.74) is 0. The SMILES string of the molecule is CC(=O)N1CCN(C(=O)C2CSCN2C(=O)c2cccs2)CC1. The van der Waals surface area contributed by atoms with Gasteiger partial charge in [0.15, 0.2) is 0 Å². The molecule has 6 nitrogen and oxygen atoms in total. The molecule has 2 saturated heterocycles. The van der Waals surface area contributed by atoms with Gasteiger partial charge in [0.25, 0.3) is 5.91 Å². The van der Waals surface area contributed by atoms with Crippen molar-refractivity contribution in [3.8, 4) is 0 Å². The van der Waals surface area contributed by atoms with Gasteiger partial charge in [-0.15, -0.1) is 23.1 Å². The van der Waals surface area contributed by atoms with Crippen LogP contribution in [0.5, 0.6) is 0 Å². The Labute approximate surface area is 143 Å². The number of nitrogens with zero attached hydrogens (tertiary/aromatic N) is 3. The van der Waals surface area contributed by atoms with Crippen LogP contribution < -0.4 is 0 Å². The highest BCUT2D eigenvalue weighted by molar-refractivity contribution is 7.99. The van der Waals surface area contributed by atoms with Crippen molar-refractivity contribution in [3.63, 3.8) is 0 Å². The number of carbonyl (C=O) groups is 3. The first-order valence-electron chi connectivity index (χ1n) is 7.54. The topological polar surface area (TPSA) is 60.9 Å². The fourth-order valence-corrected chi connectivity index (χ4v) is 4.67. The maximum Gasteiger partial charge on any atom is 0.265 e. The molecule has 1 atom stereocenters. The Morgan fingerprint density at radius 1 is 1.13 bits per heavy atom. The molecule has 0 N–H and O–H groups in total. The fourth-order valence-electron chi connectivity index (χ4n) is 2.84. The molecule has 2 aliphatic heterocycles. The molecule has 0 bridgehead atoms. The molecule has 1 unspecified atom stereocenters. The van der Waals surface area contributed by atoms with Crippen molar-refractivity contribution in [2.24, 2.45) is 0 Å². The van der Waals surface area contributed by atoms with Gasteiger partial charge in [0.1, 0.15) is 6.04 Å². The summed E-state index contributed by atoms with van der Waals surface area (Å²) in [7, 11) is 0. The summed E-state index contributed by atoms with van der Waals surface area (Å²) in [5.74, 6) is 1.18. The lowest BCUT2D eigenvalue weighted by molar-refractivity contribution is -0.140. The molecule has 23 heavy (non-hydrogen) atoms. The second-order valence-corrected chi connectivity index (χ2v) is 7.55. The predicted octanol–water partition coefficient (Wildman–Crippen LogP) is 0.954. The van der Waals surface area contributed by atoms with Gasteiger partial charge in [0, 0.05) is 38.9 Å². The molecular formula is C15H19N3O3S2. The van der Waals surface area contributed by atoms with E-state index in [0.29, 0.717) is 42.7 Å². The number of carbonyl (C=O) groups excluding carboxylic acids is 3. The Morgan fingerprint density at radius 3 is 2.43 bits per heavy atom. The average molecular weight is 353 g/mol. The molecule has 0 saturated carbocycles. The third kappa shape index (κ3) is 3.37. The molecule has 124 valence electrons. The van der Waals surface area contributed by atoms with Crippen LogP contribution in [0.15, 0.2) is 17.5 Å². The third-order valence-corrected chi connectivity index (χ3v) is 6.07. The Kier molecular flexibility index (Phi) is 4.91. The quantitative estimate of drug-likeness (QED) is 0.794. The van der Waals surface area contributed by atoms with Gasteiger partial charge in [0.2, 0.25) is 11.8 Å². The molecule has 3 rings (SSSR count). The van der Waals surface area contributed by atoms with E-state index in [9.17, 15) is 14.4 Å². The van der Waals surface area contributed by atoms with Gasteiger partial charge in [-0.05, 0) is 11.4 Å². The van der Waals surface area contributed by atoms with E-state index < -0.39 is 6.04 Å². The summed E-state index contributed by atoms with van der Waals surface area (Å²) in [5, 5.41) is 1.87. The van der Waals surface area contributed by atoms with E-state index in [1.54, 1.807) is 39.5 Å². The van der Waals surface area contributed by atoms with Crippen molar-refractivity contribution in [1.82, 2.24) is 14.7 Å². The highest BCUT2D eigenvalue weighted by Crippen LogP contribution is 2.26. The van der Waals surface area contributed by atoms with Crippen LogP contribution in [-0.2, 0) is 9.59 Å². The Hall–Kier alpha value is -1.54. The number of thioether (sulfide) groups is 1. The van der Waals surface area contributed by atoms with E-state index in [0.717, 1.165) is 0 Å². The molecule has 0 spiro atoms. The number of hydrogen-bond acceptors (Lipinski definition) is 5. The van der Waals surface area contributed by atoms with Crippen LogP contribution in [-0.4, -0.2) is 76.3 Å².